The maximum Gasteiger partial charge on any atom is 0.229 e. The third-order valence-electron chi connectivity index (χ3n) is 4.22. The Morgan fingerprint density at radius 2 is 1.93 bits per heavy atom. The first-order chi connectivity index (χ1) is 14.6. The molecule has 3 N–H and O–H groups in total. The second-order valence-electron chi connectivity index (χ2n) is 6.64. The number of hydrogen-bond donors (Lipinski definition) is 3. The summed E-state index contributed by atoms with van der Waals surface area (Å²) in [5.41, 5.74) is 1.32. The van der Waals surface area contributed by atoms with Gasteiger partial charge in [-0.15, -0.1) is 0 Å². The van der Waals surface area contributed by atoms with Gasteiger partial charge in [0.25, 0.3) is 0 Å². The minimum absolute atomic E-state index is 0.0143. The zero-order valence-corrected chi connectivity index (χ0v) is 16.3. The Bertz CT molecular complexity index is 1020. The Balaban J connectivity index is 1.47. The largest absolute Gasteiger partial charge is 0.491 e. The lowest BCUT2D eigenvalue weighted by molar-refractivity contribution is 0.104. The lowest BCUT2D eigenvalue weighted by atomic mass is 10.2. The fourth-order valence-corrected chi connectivity index (χ4v) is 2.83. The average molecular weight is 412 g/mol. The van der Waals surface area contributed by atoms with Crippen LogP contribution in [0, 0.1) is 5.82 Å². The highest BCUT2D eigenvalue weighted by atomic mass is 19.1. The van der Waals surface area contributed by atoms with Gasteiger partial charge in [-0.3, -0.25) is 0 Å². The number of anilines is 4. The smallest absolute Gasteiger partial charge is 0.229 e. The molecule has 0 aliphatic carbocycles. The van der Waals surface area contributed by atoms with Crippen LogP contribution in [0.15, 0.2) is 48.7 Å². The Labute approximate surface area is 172 Å². The van der Waals surface area contributed by atoms with E-state index in [4.69, 9.17) is 19.3 Å². The molecule has 0 fully saturated rings. The summed E-state index contributed by atoms with van der Waals surface area (Å²) in [4.78, 5) is 8.19. The van der Waals surface area contributed by atoms with Crippen molar-refractivity contribution in [2.75, 3.05) is 30.5 Å². The van der Waals surface area contributed by atoms with Gasteiger partial charge in [-0.1, -0.05) is 0 Å². The number of benzene rings is 2. The highest BCUT2D eigenvalue weighted by Gasteiger charge is 2.18. The molecular weight excluding hydrogens is 391 g/mol. The molecule has 2 aromatic carbocycles. The molecule has 1 aliphatic rings. The van der Waals surface area contributed by atoms with Gasteiger partial charge in [-0.2, -0.15) is 4.98 Å². The zero-order chi connectivity index (χ0) is 20.9. The van der Waals surface area contributed by atoms with Crippen LogP contribution in [0.5, 0.6) is 17.2 Å². The van der Waals surface area contributed by atoms with Gasteiger partial charge in [0.15, 0.2) is 23.1 Å². The topological polar surface area (TPSA) is 97.8 Å². The second-order valence-corrected chi connectivity index (χ2v) is 6.64. The molecule has 30 heavy (non-hydrogen) atoms. The van der Waals surface area contributed by atoms with E-state index in [1.54, 1.807) is 42.5 Å². The van der Waals surface area contributed by atoms with Crippen LogP contribution in [0.3, 0.4) is 0 Å². The van der Waals surface area contributed by atoms with Crippen molar-refractivity contribution >= 4 is 23.1 Å². The van der Waals surface area contributed by atoms with E-state index in [1.165, 1.54) is 0 Å². The van der Waals surface area contributed by atoms with Crippen LogP contribution in [-0.2, 0) is 0 Å². The summed E-state index contributed by atoms with van der Waals surface area (Å²) < 4.78 is 30.9. The summed E-state index contributed by atoms with van der Waals surface area (Å²) in [5.74, 6) is 1.54. The third-order valence-corrected chi connectivity index (χ3v) is 4.22. The van der Waals surface area contributed by atoms with Gasteiger partial charge in [0.1, 0.15) is 25.1 Å². The average Bonchev–Trinajstić information content (AvgIpc) is 2.76. The molecule has 1 atom stereocenters. The van der Waals surface area contributed by atoms with E-state index in [2.05, 4.69) is 20.6 Å². The van der Waals surface area contributed by atoms with E-state index >= 15 is 0 Å². The molecule has 2 heterocycles. The molecule has 0 spiro atoms. The van der Waals surface area contributed by atoms with Gasteiger partial charge in [0.05, 0.1) is 12.8 Å². The van der Waals surface area contributed by atoms with Gasteiger partial charge in [-0.05, 0) is 43.3 Å². The normalized spacial score (nSPS) is 14.8. The fourth-order valence-electron chi connectivity index (χ4n) is 2.83. The standard InChI is InChI=1S/C21H21FN4O4/c1-13-12-29-19-10-15(4-7-18(19)30-13)24-20-17(22)11-23-21(26-20)25-14-2-5-16(6-3-14)28-9-8-27/h2-7,10-11,13,27H,8-9,12H2,1H3,(H2,23,24,25,26). The van der Waals surface area contributed by atoms with E-state index < -0.39 is 5.82 Å². The SMILES string of the molecule is CC1COc2cc(Nc3nc(Nc4ccc(OCCO)cc4)ncc3F)ccc2O1. The number of aromatic nitrogens is 2. The van der Waals surface area contributed by atoms with E-state index in [1.807, 2.05) is 6.92 Å². The summed E-state index contributed by atoms with van der Waals surface area (Å²) in [6, 6.07) is 12.3. The number of nitrogens with zero attached hydrogens (tertiary/aromatic N) is 2. The third kappa shape index (κ3) is 4.69. The van der Waals surface area contributed by atoms with E-state index in [9.17, 15) is 4.39 Å². The molecule has 0 saturated carbocycles. The van der Waals surface area contributed by atoms with Gasteiger partial charge >= 0.3 is 0 Å². The van der Waals surface area contributed by atoms with Crippen molar-refractivity contribution in [2.24, 2.45) is 0 Å². The van der Waals surface area contributed by atoms with Crippen LogP contribution in [0.2, 0.25) is 0 Å². The molecule has 8 nitrogen and oxygen atoms in total. The lowest BCUT2D eigenvalue weighted by Crippen LogP contribution is -2.25. The Morgan fingerprint density at radius 1 is 1.13 bits per heavy atom. The first-order valence-electron chi connectivity index (χ1n) is 9.44. The number of ether oxygens (including phenoxy) is 3. The number of halogens is 1. The highest BCUT2D eigenvalue weighted by Crippen LogP contribution is 2.35. The van der Waals surface area contributed by atoms with Crippen LogP contribution >= 0.6 is 0 Å². The van der Waals surface area contributed by atoms with Crippen molar-refractivity contribution in [1.29, 1.82) is 0 Å². The molecule has 1 unspecified atom stereocenters. The first kappa shape index (κ1) is 19.7. The number of hydrogen-bond acceptors (Lipinski definition) is 8. The molecule has 1 aliphatic heterocycles. The molecule has 0 amide bonds. The van der Waals surface area contributed by atoms with E-state index in [0.29, 0.717) is 35.2 Å². The lowest BCUT2D eigenvalue weighted by Gasteiger charge is -2.24. The second kappa shape index (κ2) is 8.83. The Kier molecular flexibility index (Phi) is 5.80. The first-order valence-corrected chi connectivity index (χ1v) is 9.44. The number of aliphatic hydroxyl groups excluding tert-OH is 1. The maximum absolute atomic E-state index is 14.2. The summed E-state index contributed by atoms with van der Waals surface area (Å²) >= 11 is 0. The molecular formula is C21H21FN4O4. The van der Waals surface area contributed by atoms with Crippen molar-refractivity contribution in [2.45, 2.75) is 13.0 Å². The quantitative estimate of drug-likeness (QED) is 0.541. The number of nitrogens with one attached hydrogen (secondary N) is 2. The zero-order valence-electron chi connectivity index (χ0n) is 16.3. The summed E-state index contributed by atoms with van der Waals surface area (Å²) in [6.07, 6.45) is 1.08. The monoisotopic (exact) mass is 412 g/mol. The van der Waals surface area contributed by atoms with Crippen molar-refractivity contribution in [3.05, 3.63) is 54.5 Å². The van der Waals surface area contributed by atoms with Crippen LogP contribution in [0.1, 0.15) is 6.92 Å². The molecule has 0 saturated heterocycles. The molecule has 0 bridgehead atoms. The van der Waals surface area contributed by atoms with E-state index in [-0.39, 0.29) is 31.1 Å². The van der Waals surface area contributed by atoms with Gasteiger partial charge in [-0.25, -0.2) is 9.37 Å². The number of fused-ring (bicyclic) bond motifs is 1. The van der Waals surface area contributed by atoms with Gasteiger partial charge < -0.3 is 30.0 Å². The Morgan fingerprint density at radius 3 is 2.73 bits per heavy atom. The molecule has 9 heteroatoms. The van der Waals surface area contributed by atoms with Crippen molar-refractivity contribution in [1.82, 2.24) is 9.97 Å². The minimum atomic E-state index is -0.586. The Hall–Kier alpha value is -3.59. The maximum atomic E-state index is 14.2. The molecule has 1 aromatic heterocycles. The van der Waals surface area contributed by atoms with Crippen LogP contribution in [-0.4, -0.2) is 41.0 Å². The van der Waals surface area contributed by atoms with Crippen LogP contribution in [0.25, 0.3) is 0 Å². The minimum Gasteiger partial charge on any atom is -0.491 e. The molecule has 3 aromatic rings. The molecule has 0 radical (unpaired) electrons. The van der Waals surface area contributed by atoms with Crippen LogP contribution in [0.4, 0.5) is 27.5 Å². The van der Waals surface area contributed by atoms with Crippen molar-refractivity contribution < 1.29 is 23.7 Å². The highest BCUT2D eigenvalue weighted by molar-refractivity contribution is 5.63. The fraction of sp³-hybridized carbons (Fsp3) is 0.238. The number of rotatable bonds is 7. The predicted molar refractivity (Wildman–Crippen MR) is 110 cm³/mol. The summed E-state index contributed by atoms with van der Waals surface area (Å²) in [6.45, 7) is 2.55. The predicted octanol–water partition coefficient (Wildman–Crippen LogP) is 3.63. The van der Waals surface area contributed by atoms with Gasteiger partial charge in [0, 0.05) is 17.4 Å². The number of aliphatic hydroxyl groups is 1. The van der Waals surface area contributed by atoms with Gasteiger partial charge in [0.2, 0.25) is 5.95 Å². The van der Waals surface area contributed by atoms with E-state index in [0.717, 1.165) is 6.20 Å². The van der Waals surface area contributed by atoms with Crippen LogP contribution < -0.4 is 24.8 Å². The van der Waals surface area contributed by atoms with Crippen molar-refractivity contribution in [3.8, 4) is 17.2 Å². The van der Waals surface area contributed by atoms with Crippen molar-refractivity contribution in [3.63, 3.8) is 0 Å². The molecule has 4 rings (SSSR count). The molecule has 156 valence electrons. The summed E-state index contributed by atoms with van der Waals surface area (Å²) in [5, 5.41) is 14.8. The summed E-state index contributed by atoms with van der Waals surface area (Å²) in [7, 11) is 0.